The van der Waals surface area contributed by atoms with E-state index in [2.05, 4.69) is 19.8 Å². The van der Waals surface area contributed by atoms with Crippen LogP contribution in [0, 0.1) is 24.7 Å². The maximum absolute atomic E-state index is 12.6. The predicted molar refractivity (Wildman–Crippen MR) is 93.7 cm³/mol. The molecule has 3 heterocycles. The number of hydrogen-bond acceptors (Lipinski definition) is 4. The van der Waals surface area contributed by atoms with Crippen LogP contribution >= 0.6 is 0 Å². The lowest BCUT2D eigenvalue weighted by Gasteiger charge is -2.33. The van der Waals surface area contributed by atoms with Gasteiger partial charge in [0.15, 0.2) is 0 Å². The van der Waals surface area contributed by atoms with Gasteiger partial charge in [-0.1, -0.05) is 6.42 Å². The Balaban J connectivity index is 1.26. The average Bonchev–Trinajstić information content (AvgIpc) is 3.17. The lowest BCUT2D eigenvalue weighted by Crippen LogP contribution is -2.37. The summed E-state index contributed by atoms with van der Waals surface area (Å²) in [5.41, 5.74) is 0. The number of piperidine rings is 1. The molecular weight excluding hydrogens is 300 g/mol. The minimum absolute atomic E-state index is 0.403. The molecule has 3 aliphatic rings. The van der Waals surface area contributed by atoms with E-state index in [-0.39, 0.29) is 0 Å². The van der Waals surface area contributed by atoms with Crippen molar-refractivity contribution in [3.63, 3.8) is 0 Å². The molecule has 0 N–H and O–H groups in total. The highest BCUT2D eigenvalue weighted by Crippen LogP contribution is 2.38. The first-order chi connectivity index (χ1) is 11.7. The number of anilines is 1. The number of aryl methyl sites for hydroxylation is 1. The lowest BCUT2D eigenvalue weighted by molar-refractivity contribution is -0.131. The van der Waals surface area contributed by atoms with Gasteiger partial charge in [-0.3, -0.25) is 4.79 Å². The van der Waals surface area contributed by atoms with Crippen molar-refractivity contribution in [2.24, 2.45) is 17.8 Å². The summed E-state index contributed by atoms with van der Waals surface area (Å²) >= 11 is 0. The zero-order valence-corrected chi connectivity index (χ0v) is 14.7. The summed E-state index contributed by atoms with van der Waals surface area (Å²) in [6.07, 6.45) is 8.81. The number of carbonyl (C=O) groups excluding carboxylic acids is 1. The molecule has 1 aromatic rings. The van der Waals surface area contributed by atoms with Gasteiger partial charge in [0.05, 0.1) is 0 Å². The Morgan fingerprint density at radius 1 is 1.17 bits per heavy atom. The summed E-state index contributed by atoms with van der Waals surface area (Å²) in [4.78, 5) is 25.8. The van der Waals surface area contributed by atoms with Crippen molar-refractivity contribution >= 4 is 11.7 Å². The predicted octanol–water partition coefficient (Wildman–Crippen LogP) is 2.65. The molecule has 4 rings (SSSR count). The molecule has 5 nitrogen and oxygen atoms in total. The first-order valence-electron chi connectivity index (χ1n) is 9.51. The smallest absolute Gasteiger partial charge is 0.222 e. The second kappa shape index (κ2) is 6.69. The van der Waals surface area contributed by atoms with Crippen LogP contribution in [-0.2, 0) is 4.79 Å². The van der Waals surface area contributed by atoms with Gasteiger partial charge in [-0.2, -0.15) is 0 Å². The summed E-state index contributed by atoms with van der Waals surface area (Å²) in [7, 11) is 0. The third kappa shape index (κ3) is 3.26. The van der Waals surface area contributed by atoms with Crippen LogP contribution in [0.1, 0.15) is 44.3 Å². The summed E-state index contributed by atoms with van der Waals surface area (Å²) < 4.78 is 0. The zero-order chi connectivity index (χ0) is 16.5. The van der Waals surface area contributed by atoms with E-state index in [0.717, 1.165) is 68.9 Å². The Labute approximate surface area is 144 Å². The molecule has 3 fully saturated rings. The van der Waals surface area contributed by atoms with Gasteiger partial charge < -0.3 is 9.80 Å². The molecule has 0 bridgehead atoms. The number of nitrogens with zero attached hydrogens (tertiary/aromatic N) is 4. The average molecular weight is 328 g/mol. The molecule has 1 aliphatic carbocycles. The number of likely N-dealkylation sites (tertiary alicyclic amines) is 1. The molecule has 24 heavy (non-hydrogen) atoms. The lowest BCUT2D eigenvalue weighted by atomic mass is 9.93. The zero-order valence-electron chi connectivity index (χ0n) is 14.7. The minimum atomic E-state index is 0.403. The van der Waals surface area contributed by atoms with Gasteiger partial charge in [0.25, 0.3) is 0 Å². The standard InChI is InChI=1S/C19H28N4O/c1-14-20-8-5-18(21-14)22-9-6-15(7-10-22)11-19(24)23-12-16-3-2-4-17(16)13-23/h5,8,15-17H,2-4,6-7,9-13H2,1H3. The van der Waals surface area contributed by atoms with Crippen LogP contribution < -0.4 is 4.90 Å². The van der Waals surface area contributed by atoms with Gasteiger partial charge in [-0.05, 0) is 56.4 Å². The van der Waals surface area contributed by atoms with Crippen LogP contribution in [0.4, 0.5) is 5.82 Å². The normalized spacial score (nSPS) is 27.5. The summed E-state index contributed by atoms with van der Waals surface area (Å²) in [5.74, 6) is 4.40. The summed E-state index contributed by atoms with van der Waals surface area (Å²) in [5, 5.41) is 0. The van der Waals surface area contributed by atoms with Crippen LogP contribution in [0.2, 0.25) is 0 Å². The van der Waals surface area contributed by atoms with Crippen molar-refractivity contribution in [1.82, 2.24) is 14.9 Å². The molecule has 2 aliphatic heterocycles. The highest BCUT2D eigenvalue weighted by atomic mass is 16.2. The molecule has 1 aromatic heterocycles. The highest BCUT2D eigenvalue weighted by Gasteiger charge is 2.38. The van der Waals surface area contributed by atoms with Crippen LogP contribution in [0.25, 0.3) is 0 Å². The summed E-state index contributed by atoms with van der Waals surface area (Å²) in [6.45, 7) is 5.99. The van der Waals surface area contributed by atoms with E-state index in [9.17, 15) is 4.79 Å². The Kier molecular flexibility index (Phi) is 4.42. The fraction of sp³-hybridized carbons (Fsp3) is 0.737. The number of rotatable bonds is 3. The third-order valence-corrected chi connectivity index (χ3v) is 6.24. The molecule has 2 unspecified atom stereocenters. The molecule has 2 saturated heterocycles. The first kappa shape index (κ1) is 15.9. The Morgan fingerprint density at radius 2 is 1.88 bits per heavy atom. The molecule has 1 amide bonds. The topological polar surface area (TPSA) is 49.3 Å². The molecular formula is C19H28N4O. The van der Waals surface area contributed by atoms with Crippen molar-refractivity contribution in [3.05, 3.63) is 18.1 Å². The van der Waals surface area contributed by atoms with Crippen LogP contribution in [0.3, 0.4) is 0 Å². The Bertz CT molecular complexity index is 585. The van der Waals surface area contributed by atoms with Gasteiger partial charge in [-0.15, -0.1) is 0 Å². The van der Waals surface area contributed by atoms with E-state index in [0.29, 0.717) is 11.8 Å². The van der Waals surface area contributed by atoms with Gasteiger partial charge in [0.1, 0.15) is 11.6 Å². The first-order valence-corrected chi connectivity index (χ1v) is 9.51. The van der Waals surface area contributed by atoms with Crippen molar-refractivity contribution in [1.29, 1.82) is 0 Å². The van der Waals surface area contributed by atoms with Crippen LogP contribution in [-0.4, -0.2) is 47.0 Å². The van der Waals surface area contributed by atoms with E-state index in [1.807, 2.05) is 19.2 Å². The highest BCUT2D eigenvalue weighted by molar-refractivity contribution is 5.76. The Morgan fingerprint density at radius 3 is 2.54 bits per heavy atom. The quantitative estimate of drug-likeness (QED) is 0.856. The fourth-order valence-electron chi connectivity index (χ4n) is 4.80. The van der Waals surface area contributed by atoms with Crippen molar-refractivity contribution in [3.8, 4) is 0 Å². The number of aromatic nitrogens is 2. The maximum Gasteiger partial charge on any atom is 0.222 e. The number of hydrogen-bond donors (Lipinski definition) is 0. The molecule has 0 radical (unpaired) electrons. The molecule has 2 atom stereocenters. The van der Waals surface area contributed by atoms with E-state index >= 15 is 0 Å². The Hall–Kier alpha value is -1.65. The van der Waals surface area contributed by atoms with Gasteiger partial charge in [-0.25, -0.2) is 9.97 Å². The molecule has 130 valence electrons. The van der Waals surface area contributed by atoms with E-state index in [4.69, 9.17) is 0 Å². The second-order valence-electron chi connectivity index (χ2n) is 7.85. The molecule has 5 heteroatoms. The minimum Gasteiger partial charge on any atom is -0.356 e. The van der Waals surface area contributed by atoms with Crippen molar-refractivity contribution in [2.75, 3.05) is 31.1 Å². The van der Waals surface area contributed by atoms with E-state index < -0.39 is 0 Å². The monoisotopic (exact) mass is 328 g/mol. The van der Waals surface area contributed by atoms with Gasteiger partial charge >= 0.3 is 0 Å². The largest absolute Gasteiger partial charge is 0.356 e. The number of amides is 1. The van der Waals surface area contributed by atoms with E-state index in [1.54, 1.807) is 0 Å². The van der Waals surface area contributed by atoms with E-state index in [1.165, 1.54) is 19.3 Å². The molecule has 0 aromatic carbocycles. The van der Waals surface area contributed by atoms with Crippen molar-refractivity contribution < 1.29 is 4.79 Å². The SMILES string of the molecule is Cc1nccc(N2CCC(CC(=O)N3CC4CCCC4C3)CC2)n1. The van der Waals surface area contributed by atoms with Gasteiger partial charge in [0.2, 0.25) is 5.91 Å². The number of carbonyl (C=O) groups is 1. The molecule has 0 spiro atoms. The number of fused-ring (bicyclic) bond motifs is 1. The van der Waals surface area contributed by atoms with Crippen molar-refractivity contribution in [2.45, 2.75) is 45.4 Å². The third-order valence-electron chi connectivity index (χ3n) is 6.24. The maximum atomic E-state index is 12.6. The molecule has 1 saturated carbocycles. The fourth-order valence-corrected chi connectivity index (χ4v) is 4.80. The van der Waals surface area contributed by atoms with Crippen LogP contribution in [0.5, 0.6) is 0 Å². The second-order valence-corrected chi connectivity index (χ2v) is 7.85. The van der Waals surface area contributed by atoms with Crippen LogP contribution in [0.15, 0.2) is 12.3 Å². The van der Waals surface area contributed by atoms with Gasteiger partial charge in [0, 0.05) is 38.8 Å². The summed E-state index contributed by atoms with van der Waals surface area (Å²) in [6, 6.07) is 1.99.